The van der Waals surface area contributed by atoms with E-state index in [9.17, 15) is 0 Å². The smallest absolute Gasteiger partial charge is 0.334 e. The van der Waals surface area contributed by atoms with E-state index in [0.29, 0.717) is 38.5 Å². The van der Waals surface area contributed by atoms with Crippen molar-refractivity contribution in [3.63, 3.8) is 0 Å². The summed E-state index contributed by atoms with van der Waals surface area (Å²) in [6.07, 6.45) is 8.60. The van der Waals surface area contributed by atoms with Crippen LogP contribution >= 0.6 is 0 Å². The van der Waals surface area contributed by atoms with Crippen LogP contribution in [0.4, 0.5) is 0 Å². The van der Waals surface area contributed by atoms with Crippen molar-refractivity contribution in [3.05, 3.63) is 0 Å². The molecule has 0 aromatic carbocycles. The Morgan fingerprint density at radius 1 is 0.333 bits per heavy atom. The monoisotopic (exact) mass is 799 g/mol. The molecule has 0 saturated carbocycles. The molecule has 0 radical (unpaired) electrons. The van der Waals surface area contributed by atoms with E-state index in [2.05, 4.69) is 83.1 Å². The minimum Gasteiger partial charge on any atom is -0.415 e. The first-order valence-electron chi connectivity index (χ1n) is 20.8. The van der Waals surface area contributed by atoms with Gasteiger partial charge in [-0.15, -0.1) is 0 Å². The predicted octanol–water partition coefficient (Wildman–Crippen LogP) is 11.0. The maximum Gasteiger partial charge on any atom is 0.334 e. The standard InChI is InChI=1S/C38H86O9Si4/c1-15-19-23-41-27-31-48(39-13,35(5)6)45-50(37(9)10,33-29-43-25-21-17-3)47-51(38(11)12,34-30-44-26-22-18-4)46-49(40-14,36(7)8)32-28-42-24-20-16-2/h35-38H,15-34H2,1-14H3. The number of ether oxygens (including phenoxy) is 4. The highest BCUT2D eigenvalue weighted by molar-refractivity contribution is 6.91. The summed E-state index contributed by atoms with van der Waals surface area (Å²) in [6, 6.07) is 2.92. The molecular formula is C38H86O9Si4. The predicted molar refractivity (Wildman–Crippen MR) is 223 cm³/mol. The summed E-state index contributed by atoms with van der Waals surface area (Å²) in [4.78, 5) is 0. The Morgan fingerprint density at radius 3 is 0.745 bits per heavy atom. The molecule has 0 N–H and O–H groups in total. The van der Waals surface area contributed by atoms with E-state index in [-0.39, 0.29) is 22.2 Å². The van der Waals surface area contributed by atoms with Gasteiger partial charge in [0.2, 0.25) is 0 Å². The van der Waals surface area contributed by atoms with Crippen LogP contribution in [0.1, 0.15) is 134 Å². The van der Waals surface area contributed by atoms with Gasteiger partial charge in [-0.1, -0.05) is 109 Å². The first kappa shape index (κ1) is 51.5. The molecule has 0 aliphatic carbocycles. The second-order valence-corrected chi connectivity index (χ2v) is 31.8. The number of hydrogen-bond donors (Lipinski definition) is 0. The summed E-state index contributed by atoms with van der Waals surface area (Å²) in [5.41, 5.74) is 0.646. The molecule has 4 unspecified atom stereocenters. The minimum atomic E-state index is -3.12. The summed E-state index contributed by atoms with van der Waals surface area (Å²) >= 11 is 0. The first-order chi connectivity index (χ1) is 24.3. The molecule has 0 rings (SSSR count). The highest BCUT2D eigenvalue weighted by Crippen LogP contribution is 2.45. The molecular weight excluding hydrogens is 713 g/mol. The van der Waals surface area contributed by atoms with Gasteiger partial charge in [-0.3, -0.25) is 0 Å². The van der Waals surface area contributed by atoms with E-state index in [1.54, 1.807) is 0 Å². The fourth-order valence-corrected chi connectivity index (χ4v) is 28.3. The van der Waals surface area contributed by atoms with E-state index >= 15 is 0 Å². The fraction of sp³-hybridized carbons (Fsp3) is 1.00. The van der Waals surface area contributed by atoms with E-state index in [1.807, 2.05) is 14.2 Å². The van der Waals surface area contributed by atoms with Crippen LogP contribution in [-0.2, 0) is 40.1 Å². The Morgan fingerprint density at radius 2 is 0.549 bits per heavy atom. The molecule has 0 aliphatic heterocycles. The zero-order valence-corrected chi connectivity index (χ0v) is 40.1. The van der Waals surface area contributed by atoms with Gasteiger partial charge in [-0.25, -0.2) is 0 Å². The van der Waals surface area contributed by atoms with Gasteiger partial charge in [-0.2, -0.15) is 0 Å². The Hall–Kier alpha value is 0.508. The Balaban J connectivity index is 7.26. The lowest BCUT2D eigenvalue weighted by Gasteiger charge is -2.51. The lowest BCUT2D eigenvalue weighted by atomic mass is 10.4. The summed E-state index contributed by atoms with van der Waals surface area (Å²) in [6.45, 7) is 32.2. The minimum absolute atomic E-state index is 0.124. The summed E-state index contributed by atoms with van der Waals surface area (Å²) in [7, 11) is -8.25. The van der Waals surface area contributed by atoms with Gasteiger partial charge in [0.1, 0.15) is 0 Å². The Kier molecular flexibility index (Phi) is 29.1. The van der Waals surface area contributed by atoms with Crippen LogP contribution in [0.3, 0.4) is 0 Å². The van der Waals surface area contributed by atoms with Crippen LogP contribution in [0.2, 0.25) is 46.3 Å². The second-order valence-electron chi connectivity index (χ2n) is 15.4. The van der Waals surface area contributed by atoms with E-state index < -0.39 is 34.2 Å². The maximum atomic E-state index is 7.97. The highest BCUT2D eigenvalue weighted by atomic mass is 28.5. The van der Waals surface area contributed by atoms with Crippen LogP contribution < -0.4 is 0 Å². The molecule has 0 bridgehead atoms. The number of rotatable bonds is 36. The van der Waals surface area contributed by atoms with Gasteiger partial charge in [-0.05, 0) is 47.8 Å². The van der Waals surface area contributed by atoms with Gasteiger partial charge in [0.05, 0.1) is 0 Å². The molecule has 0 fully saturated rings. The zero-order chi connectivity index (χ0) is 38.8. The largest absolute Gasteiger partial charge is 0.415 e. The quantitative estimate of drug-likeness (QED) is 0.0454. The van der Waals surface area contributed by atoms with Crippen LogP contribution in [0, 0.1) is 0 Å². The van der Waals surface area contributed by atoms with Crippen LogP contribution in [0.15, 0.2) is 0 Å². The van der Waals surface area contributed by atoms with Gasteiger partial charge in [0.15, 0.2) is 0 Å². The van der Waals surface area contributed by atoms with Crippen LogP contribution in [0.5, 0.6) is 0 Å². The molecule has 4 atom stereocenters. The Labute approximate surface area is 321 Å². The van der Waals surface area contributed by atoms with Gasteiger partial charge in [0, 0.05) is 91.3 Å². The van der Waals surface area contributed by atoms with Crippen molar-refractivity contribution in [2.45, 2.75) is 181 Å². The molecule has 13 heteroatoms. The SMILES string of the molecule is CCCCOCC[Si](OC)(O[Si](CCOCCCC)(O[Si](CCOCCCC)(O[Si](CCOCCCC)(OC)C(C)C)C(C)C)C(C)C)C(C)C. The average Bonchev–Trinajstić information content (AvgIpc) is 3.09. The normalized spacial score (nSPS) is 17.3. The van der Waals surface area contributed by atoms with Crippen molar-refractivity contribution in [3.8, 4) is 0 Å². The van der Waals surface area contributed by atoms with E-state index in [1.165, 1.54) is 0 Å². The molecule has 0 aliphatic rings. The summed E-state index contributed by atoms with van der Waals surface area (Å²) in [5.74, 6) is 0. The average molecular weight is 799 g/mol. The van der Waals surface area contributed by atoms with Gasteiger partial charge < -0.3 is 40.1 Å². The van der Waals surface area contributed by atoms with Gasteiger partial charge in [0.25, 0.3) is 0 Å². The topological polar surface area (TPSA) is 83.1 Å². The van der Waals surface area contributed by atoms with Crippen molar-refractivity contribution in [2.75, 3.05) is 67.1 Å². The molecule has 308 valence electrons. The third-order valence-electron chi connectivity index (χ3n) is 10.2. The molecule has 0 aromatic rings. The van der Waals surface area contributed by atoms with Crippen molar-refractivity contribution in [2.24, 2.45) is 0 Å². The summed E-state index contributed by atoms with van der Waals surface area (Å²) < 4.78 is 61.5. The lowest BCUT2D eigenvalue weighted by Crippen LogP contribution is -2.67. The second kappa shape index (κ2) is 28.8. The third-order valence-corrected chi connectivity index (χ3v) is 30.5. The molecule has 0 saturated heterocycles. The van der Waals surface area contributed by atoms with Crippen molar-refractivity contribution in [1.82, 2.24) is 0 Å². The molecule has 0 aromatic heterocycles. The van der Waals surface area contributed by atoms with Crippen molar-refractivity contribution < 1.29 is 40.1 Å². The van der Waals surface area contributed by atoms with E-state index in [4.69, 9.17) is 40.1 Å². The molecule has 0 heterocycles. The first-order valence-corrected chi connectivity index (χ1v) is 29.2. The highest BCUT2D eigenvalue weighted by Gasteiger charge is 2.60. The molecule has 0 amide bonds. The third kappa shape index (κ3) is 18.3. The zero-order valence-electron chi connectivity index (χ0n) is 36.1. The van der Waals surface area contributed by atoms with Gasteiger partial charge >= 0.3 is 34.2 Å². The molecule has 0 spiro atoms. The number of unbranched alkanes of at least 4 members (excludes halogenated alkanes) is 4. The maximum absolute atomic E-state index is 7.97. The van der Waals surface area contributed by atoms with Crippen LogP contribution in [-0.4, -0.2) is 101 Å². The number of hydrogen-bond acceptors (Lipinski definition) is 9. The fourth-order valence-electron chi connectivity index (χ4n) is 6.10. The van der Waals surface area contributed by atoms with Crippen molar-refractivity contribution >= 4 is 34.2 Å². The lowest BCUT2D eigenvalue weighted by molar-refractivity contribution is 0.120. The van der Waals surface area contributed by atoms with Crippen molar-refractivity contribution in [1.29, 1.82) is 0 Å². The Bertz CT molecular complexity index is 764. The van der Waals surface area contributed by atoms with Crippen LogP contribution in [0.25, 0.3) is 0 Å². The summed E-state index contributed by atoms with van der Waals surface area (Å²) in [5, 5.41) is 0. The molecule has 9 nitrogen and oxygen atoms in total. The molecule has 51 heavy (non-hydrogen) atoms. The van der Waals surface area contributed by atoms with E-state index in [0.717, 1.165) is 89.9 Å².